The molecule has 0 unspecified atom stereocenters. The summed E-state index contributed by atoms with van der Waals surface area (Å²) in [5, 5.41) is 0.745. The van der Waals surface area contributed by atoms with Gasteiger partial charge in [0.15, 0.2) is 0 Å². The standard InChI is InChI=1S/C17H24ClN3/c1-6-9-21-15(19)14(20-16(21)17(3,4)5)12-8-7-11(2)13(18)10-12/h7-8,10H,6,9,19H2,1-5H3. The van der Waals surface area contributed by atoms with Gasteiger partial charge in [-0.25, -0.2) is 4.98 Å². The zero-order chi connectivity index (χ0) is 15.8. The van der Waals surface area contributed by atoms with E-state index < -0.39 is 0 Å². The minimum atomic E-state index is -0.0456. The predicted octanol–water partition coefficient (Wildman–Crippen LogP) is 4.80. The van der Waals surface area contributed by atoms with Crippen LogP contribution in [0.3, 0.4) is 0 Å². The maximum absolute atomic E-state index is 6.36. The van der Waals surface area contributed by atoms with E-state index in [-0.39, 0.29) is 5.41 Å². The molecule has 0 aliphatic heterocycles. The molecule has 0 fully saturated rings. The van der Waals surface area contributed by atoms with Gasteiger partial charge in [0.2, 0.25) is 0 Å². The topological polar surface area (TPSA) is 43.8 Å². The third-order valence-corrected chi connectivity index (χ3v) is 3.98. The van der Waals surface area contributed by atoms with Gasteiger partial charge in [0.1, 0.15) is 17.3 Å². The van der Waals surface area contributed by atoms with Crippen LogP contribution in [0.2, 0.25) is 5.02 Å². The summed E-state index contributed by atoms with van der Waals surface area (Å²) >= 11 is 6.24. The number of anilines is 1. The lowest BCUT2D eigenvalue weighted by atomic mass is 9.95. The van der Waals surface area contributed by atoms with Gasteiger partial charge in [-0.2, -0.15) is 0 Å². The summed E-state index contributed by atoms with van der Waals surface area (Å²) in [7, 11) is 0. The molecule has 2 rings (SSSR count). The van der Waals surface area contributed by atoms with Gasteiger partial charge in [-0.1, -0.05) is 51.4 Å². The number of rotatable bonds is 3. The molecule has 0 saturated heterocycles. The first kappa shape index (κ1) is 15.9. The molecule has 21 heavy (non-hydrogen) atoms. The Kier molecular flexibility index (Phi) is 4.33. The van der Waals surface area contributed by atoms with E-state index in [1.807, 2.05) is 25.1 Å². The van der Waals surface area contributed by atoms with E-state index in [0.717, 1.165) is 46.5 Å². The van der Waals surface area contributed by atoms with E-state index in [2.05, 4.69) is 32.3 Å². The Morgan fingerprint density at radius 2 is 1.95 bits per heavy atom. The highest BCUT2D eigenvalue weighted by Gasteiger charge is 2.25. The molecular weight excluding hydrogens is 282 g/mol. The third-order valence-electron chi connectivity index (χ3n) is 3.57. The van der Waals surface area contributed by atoms with E-state index in [1.165, 1.54) is 0 Å². The Bertz CT molecular complexity index is 651. The summed E-state index contributed by atoms with van der Waals surface area (Å²) in [6.07, 6.45) is 1.03. The number of aromatic nitrogens is 2. The SMILES string of the molecule is CCCn1c(C(C)(C)C)nc(-c2ccc(C)c(Cl)c2)c1N. The van der Waals surface area contributed by atoms with Crippen molar-refractivity contribution >= 4 is 17.4 Å². The van der Waals surface area contributed by atoms with Crippen LogP contribution in [0.25, 0.3) is 11.3 Å². The van der Waals surface area contributed by atoms with E-state index in [9.17, 15) is 0 Å². The van der Waals surface area contributed by atoms with Gasteiger partial charge in [-0.05, 0) is 25.0 Å². The molecule has 1 aromatic heterocycles. The second-order valence-corrected chi connectivity index (χ2v) is 6.94. The molecule has 0 aliphatic carbocycles. The van der Waals surface area contributed by atoms with Gasteiger partial charge in [0.25, 0.3) is 0 Å². The van der Waals surface area contributed by atoms with Crippen molar-refractivity contribution < 1.29 is 0 Å². The van der Waals surface area contributed by atoms with Crippen molar-refractivity contribution in [2.45, 2.75) is 53.0 Å². The third kappa shape index (κ3) is 3.08. The van der Waals surface area contributed by atoms with Gasteiger partial charge in [-0.3, -0.25) is 0 Å². The van der Waals surface area contributed by atoms with Crippen LogP contribution in [0.15, 0.2) is 18.2 Å². The van der Waals surface area contributed by atoms with Crippen molar-refractivity contribution in [1.29, 1.82) is 0 Å². The summed E-state index contributed by atoms with van der Waals surface area (Å²) in [6.45, 7) is 11.5. The van der Waals surface area contributed by atoms with Crippen LogP contribution in [0.5, 0.6) is 0 Å². The number of halogens is 1. The van der Waals surface area contributed by atoms with Gasteiger partial charge in [-0.15, -0.1) is 0 Å². The maximum Gasteiger partial charge on any atom is 0.131 e. The number of hydrogen-bond donors (Lipinski definition) is 1. The van der Waals surface area contributed by atoms with Gasteiger partial charge >= 0.3 is 0 Å². The molecular formula is C17H24ClN3. The average molecular weight is 306 g/mol. The minimum Gasteiger partial charge on any atom is -0.383 e. The quantitative estimate of drug-likeness (QED) is 0.885. The molecule has 0 radical (unpaired) electrons. The van der Waals surface area contributed by atoms with Crippen molar-refractivity contribution in [2.24, 2.45) is 0 Å². The lowest BCUT2D eigenvalue weighted by Gasteiger charge is -2.19. The molecule has 2 N–H and O–H groups in total. The lowest BCUT2D eigenvalue weighted by Crippen LogP contribution is -2.19. The van der Waals surface area contributed by atoms with Crippen molar-refractivity contribution in [2.75, 3.05) is 5.73 Å². The maximum atomic E-state index is 6.36. The Labute approximate surface area is 132 Å². The molecule has 0 bridgehead atoms. The van der Waals surface area contributed by atoms with E-state index >= 15 is 0 Å². The molecule has 1 aromatic carbocycles. The number of imidazole rings is 1. The molecule has 4 heteroatoms. The first-order valence-electron chi connectivity index (χ1n) is 7.38. The summed E-state index contributed by atoms with van der Waals surface area (Å²) in [5.74, 6) is 1.75. The molecule has 0 spiro atoms. The van der Waals surface area contributed by atoms with Crippen molar-refractivity contribution in [1.82, 2.24) is 9.55 Å². The van der Waals surface area contributed by atoms with Crippen molar-refractivity contribution in [3.8, 4) is 11.3 Å². The van der Waals surface area contributed by atoms with Crippen molar-refractivity contribution in [3.05, 3.63) is 34.6 Å². The van der Waals surface area contributed by atoms with E-state index in [4.69, 9.17) is 22.3 Å². The molecule has 0 amide bonds. The largest absolute Gasteiger partial charge is 0.383 e. The molecule has 1 heterocycles. The second kappa shape index (κ2) is 5.72. The Morgan fingerprint density at radius 1 is 1.29 bits per heavy atom. The fourth-order valence-corrected chi connectivity index (χ4v) is 2.62. The number of nitrogen functional groups attached to an aromatic ring is 1. The highest BCUT2D eigenvalue weighted by Crippen LogP contribution is 2.33. The fraction of sp³-hybridized carbons (Fsp3) is 0.471. The van der Waals surface area contributed by atoms with E-state index in [1.54, 1.807) is 0 Å². The summed E-state index contributed by atoms with van der Waals surface area (Å²) in [4.78, 5) is 4.82. The second-order valence-electron chi connectivity index (χ2n) is 6.53. The Hall–Kier alpha value is -1.48. The summed E-state index contributed by atoms with van der Waals surface area (Å²) in [6, 6.07) is 5.98. The molecule has 2 aromatic rings. The number of nitrogens with zero attached hydrogens (tertiary/aromatic N) is 2. The molecule has 0 aliphatic rings. The number of aryl methyl sites for hydroxylation is 1. The molecule has 0 saturated carbocycles. The van der Waals surface area contributed by atoms with Crippen LogP contribution >= 0.6 is 11.6 Å². The van der Waals surface area contributed by atoms with Crippen LogP contribution in [0, 0.1) is 6.92 Å². The predicted molar refractivity (Wildman–Crippen MR) is 90.8 cm³/mol. The summed E-state index contributed by atoms with van der Waals surface area (Å²) in [5.41, 5.74) is 9.18. The zero-order valence-electron chi connectivity index (χ0n) is 13.5. The zero-order valence-corrected chi connectivity index (χ0v) is 14.3. The highest BCUT2D eigenvalue weighted by atomic mass is 35.5. The smallest absolute Gasteiger partial charge is 0.131 e. The fourth-order valence-electron chi connectivity index (χ4n) is 2.44. The van der Waals surface area contributed by atoms with Crippen LogP contribution in [0.4, 0.5) is 5.82 Å². The van der Waals surface area contributed by atoms with Crippen molar-refractivity contribution in [3.63, 3.8) is 0 Å². The average Bonchev–Trinajstić information content (AvgIpc) is 2.71. The monoisotopic (exact) mass is 305 g/mol. The Balaban J connectivity index is 2.61. The molecule has 3 nitrogen and oxygen atoms in total. The van der Waals surface area contributed by atoms with E-state index in [0.29, 0.717) is 0 Å². The molecule has 0 atom stereocenters. The van der Waals surface area contributed by atoms with Crippen LogP contribution in [-0.4, -0.2) is 9.55 Å². The minimum absolute atomic E-state index is 0.0456. The highest BCUT2D eigenvalue weighted by molar-refractivity contribution is 6.31. The first-order chi connectivity index (χ1) is 9.75. The molecule has 114 valence electrons. The van der Waals surface area contributed by atoms with Gasteiger partial charge < -0.3 is 10.3 Å². The Morgan fingerprint density at radius 3 is 2.48 bits per heavy atom. The normalized spacial score (nSPS) is 11.9. The van der Waals surface area contributed by atoms with Crippen LogP contribution in [0.1, 0.15) is 45.5 Å². The van der Waals surface area contributed by atoms with Crippen LogP contribution in [-0.2, 0) is 12.0 Å². The number of benzene rings is 1. The van der Waals surface area contributed by atoms with Gasteiger partial charge in [0, 0.05) is 22.5 Å². The lowest BCUT2D eigenvalue weighted by molar-refractivity contribution is 0.498. The number of hydrogen-bond acceptors (Lipinski definition) is 2. The van der Waals surface area contributed by atoms with Gasteiger partial charge in [0.05, 0.1) is 0 Å². The number of nitrogens with two attached hydrogens (primary N) is 1. The first-order valence-corrected chi connectivity index (χ1v) is 7.76. The van der Waals surface area contributed by atoms with Crippen LogP contribution < -0.4 is 5.73 Å². The summed E-state index contributed by atoms with van der Waals surface area (Å²) < 4.78 is 2.13.